The van der Waals surface area contributed by atoms with Crippen LogP contribution in [0.3, 0.4) is 0 Å². The topological polar surface area (TPSA) is 85.2 Å². The second-order valence-electron chi connectivity index (χ2n) is 15.6. The van der Waals surface area contributed by atoms with Crippen LogP contribution in [0.4, 0.5) is 11.4 Å². The Morgan fingerprint density at radius 1 is 0.907 bits per heavy atom. The van der Waals surface area contributed by atoms with Crippen LogP contribution >= 0.6 is 11.6 Å². The minimum absolute atomic E-state index is 0.0399. The molecule has 54 heavy (non-hydrogen) atoms. The quantitative estimate of drug-likeness (QED) is 0.0755. The molecule has 1 aliphatic heterocycles. The van der Waals surface area contributed by atoms with Gasteiger partial charge in [0.05, 0.1) is 18.0 Å². The summed E-state index contributed by atoms with van der Waals surface area (Å²) in [6.07, 6.45) is 16.3. The number of ether oxygens (including phenoxy) is 2. The minimum Gasteiger partial charge on any atom is -0.494 e. The van der Waals surface area contributed by atoms with Gasteiger partial charge in [-0.3, -0.25) is 9.59 Å². The van der Waals surface area contributed by atoms with Crippen molar-refractivity contribution in [2.75, 3.05) is 29.2 Å². The number of pyridine rings is 1. The van der Waals surface area contributed by atoms with E-state index in [2.05, 4.69) is 36.3 Å². The fourth-order valence-electron chi connectivity index (χ4n) is 7.41. The number of alkyl halides is 1. The van der Waals surface area contributed by atoms with Crippen molar-refractivity contribution in [3.05, 3.63) is 95.4 Å². The third-order valence-electron chi connectivity index (χ3n) is 10.1. The van der Waals surface area contributed by atoms with Crippen molar-refractivity contribution in [1.29, 1.82) is 0 Å². The first-order valence-corrected chi connectivity index (χ1v) is 20.3. The number of benzene rings is 3. The molecule has 0 spiro atoms. The molecule has 9 heteroatoms. The SMILES string of the molecule is CCCCCCCCCCCCOc1ccc(C(=O)Nc2ccc3nc(C(=O)N4C[C@@H](CCl)c5c4cc(OC(C)(C)C)c4cccc(C)c54)cn3c2)cc1. The standard InChI is InChI=1S/C45H55ClN4O4/c1-6-7-8-9-10-11-12-13-14-15-25-53-35-22-19-32(20-23-35)43(51)47-34-21-24-40-48-37(30-49(40)29-34)44(52)50-28-33(27-46)42-38(50)26-39(54-45(3,4)5)36-18-16-17-31(2)41(36)42/h16-24,26,29-30,33H,6-15,25,27-28H2,1-5H3,(H,47,51)/t33-/m1/s1. The number of amides is 2. The molecule has 5 aromatic rings. The molecule has 0 unspecified atom stereocenters. The average Bonchev–Trinajstić information content (AvgIpc) is 3.74. The van der Waals surface area contributed by atoms with Crippen LogP contribution in [-0.4, -0.2) is 45.8 Å². The summed E-state index contributed by atoms with van der Waals surface area (Å²) in [5.74, 6) is 1.38. The van der Waals surface area contributed by atoms with Crippen LogP contribution in [0.5, 0.6) is 11.5 Å². The van der Waals surface area contributed by atoms with Gasteiger partial charge < -0.3 is 24.1 Å². The predicted molar refractivity (Wildman–Crippen MR) is 221 cm³/mol. The fraction of sp³-hybridized carbons (Fsp3) is 0.444. The number of imidazole rings is 1. The van der Waals surface area contributed by atoms with Crippen molar-refractivity contribution in [1.82, 2.24) is 9.38 Å². The molecule has 0 saturated carbocycles. The highest BCUT2D eigenvalue weighted by Crippen LogP contribution is 2.47. The van der Waals surface area contributed by atoms with E-state index in [0.717, 1.165) is 45.5 Å². The van der Waals surface area contributed by atoms with Crippen molar-refractivity contribution in [3.63, 3.8) is 0 Å². The number of hydrogen-bond donors (Lipinski definition) is 1. The first-order chi connectivity index (χ1) is 26.1. The predicted octanol–water partition coefficient (Wildman–Crippen LogP) is 11.5. The summed E-state index contributed by atoms with van der Waals surface area (Å²) in [5.41, 5.74) is 4.56. The van der Waals surface area contributed by atoms with Crippen LogP contribution in [0.25, 0.3) is 16.4 Å². The van der Waals surface area contributed by atoms with Gasteiger partial charge in [0, 0.05) is 47.8 Å². The molecular formula is C45H55ClN4O4. The fourth-order valence-corrected chi connectivity index (χ4v) is 7.66. The van der Waals surface area contributed by atoms with E-state index >= 15 is 0 Å². The van der Waals surface area contributed by atoms with E-state index in [1.165, 1.54) is 57.8 Å². The number of carbonyl (C=O) groups excluding carboxylic acids is 2. The van der Waals surface area contributed by atoms with E-state index in [1.54, 1.807) is 46.0 Å². The van der Waals surface area contributed by atoms with Crippen LogP contribution in [-0.2, 0) is 0 Å². The summed E-state index contributed by atoms with van der Waals surface area (Å²) < 4.78 is 14.1. The lowest BCUT2D eigenvalue weighted by atomic mass is 9.92. The maximum atomic E-state index is 14.2. The van der Waals surface area contributed by atoms with Crippen LogP contribution in [0, 0.1) is 6.92 Å². The Bertz CT molecular complexity index is 2070. The van der Waals surface area contributed by atoms with Crippen LogP contribution in [0.1, 0.15) is 130 Å². The van der Waals surface area contributed by atoms with E-state index < -0.39 is 5.60 Å². The van der Waals surface area contributed by atoms with Gasteiger partial charge in [-0.05, 0) is 87.0 Å². The summed E-state index contributed by atoms with van der Waals surface area (Å²) in [6.45, 7) is 11.5. The molecule has 0 saturated heterocycles. The summed E-state index contributed by atoms with van der Waals surface area (Å²) in [6, 6.07) is 19.0. The maximum Gasteiger partial charge on any atom is 0.278 e. The Labute approximate surface area is 325 Å². The van der Waals surface area contributed by atoms with Gasteiger partial charge in [0.1, 0.15) is 28.4 Å². The van der Waals surface area contributed by atoms with Gasteiger partial charge in [0.15, 0.2) is 0 Å². The monoisotopic (exact) mass is 750 g/mol. The van der Waals surface area contributed by atoms with Crippen molar-refractivity contribution in [3.8, 4) is 11.5 Å². The molecule has 0 bridgehead atoms. The molecule has 2 amide bonds. The lowest BCUT2D eigenvalue weighted by Gasteiger charge is -2.25. The van der Waals surface area contributed by atoms with Crippen molar-refractivity contribution < 1.29 is 19.1 Å². The van der Waals surface area contributed by atoms with E-state index in [9.17, 15) is 9.59 Å². The molecular weight excluding hydrogens is 696 g/mol. The molecule has 6 rings (SSSR count). The van der Waals surface area contributed by atoms with Crippen LogP contribution in [0.2, 0.25) is 0 Å². The number of hydrogen-bond acceptors (Lipinski definition) is 5. The molecule has 1 atom stereocenters. The summed E-state index contributed by atoms with van der Waals surface area (Å²) in [5, 5.41) is 5.07. The van der Waals surface area contributed by atoms with Crippen molar-refractivity contribution >= 4 is 51.2 Å². The average molecular weight is 751 g/mol. The van der Waals surface area contributed by atoms with Crippen molar-refractivity contribution in [2.45, 2.75) is 110 Å². The van der Waals surface area contributed by atoms with Gasteiger partial charge >= 0.3 is 0 Å². The highest BCUT2D eigenvalue weighted by Gasteiger charge is 2.36. The van der Waals surface area contributed by atoms with Crippen LogP contribution in [0.15, 0.2) is 73.1 Å². The smallest absolute Gasteiger partial charge is 0.278 e. The van der Waals surface area contributed by atoms with E-state index in [0.29, 0.717) is 41.6 Å². The molecule has 0 fully saturated rings. The number of halogens is 1. The Balaban J connectivity index is 1.08. The van der Waals surface area contributed by atoms with Gasteiger partial charge in [0.25, 0.3) is 11.8 Å². The number of fused-ring (bicyclic) bond motifs is 4. The Hall–Kier alpha value is -4.56. The lowest BCUT2D eigenvalue weighted by molar-refractivity contribution is 0.0982. The Morgan fingerprint density at radius 2 is 1.61 bits per heavy atom. The number of nitrogens with zero attached hydrogens (tertiary/aromatic N) is 3. The van der Waals surface area contributed by atoms with Crippen molar-refractivity contribution in [2.24, 2.45) is 0 Å². The van der Waals surface area contributed by atoms with Gasteiger partial charge in [-0.2, -0.15) is 0 Å². The number of aromatic nitrogens is 2. The lowest BCUT2D eigenvalue weighted by Crippen LogP contribution is -2.30. The first kappa shape index (κ1) is 39.1. The number of nitrogens with one attached hydrogen (secondary N) is 1. The summed E-state index contributed by atoms with van der Waals surface area (Å²) in [4.78, 5) is 33.8. The number of carbonyl (C=O) groups is 2. The summed E-state index contributed by atoms with van der Waals surface area (Å²) >= 11 is 6.55. The molecule has 0 aliphatic carbocycles. The highest BCUT2D eigenvalue weighted by atomic mass is 35.5. The van der Waals surface area contributed by atoms with E-state index in [1.807, 2.05) is 45.0 Å². The normalized spacial score (nSPS) is 14.1. The molecule has 286 valence electrons. The van der Waals surface area contributed by atoms with Gasteiger partial charge in [0.2, 0.25) is 0 Å². The second-order valence-corrected chi connectivity index (χ2v) is 15.9. The van der Waals surface area contributed by atoms with E-state index in [-0.39, 0.29) is 17.7 Å². The molecule has 1 N–H and O–H groups in total. The number of anilines is 2. The maximum absolute atomic E-state index is 14.2. The van der Waals surface area contributed by atoms with Gasteiger partial charge in [-0.15, -0.1) is 11.6 Å². The number of unbranched alkanes of at least 4 members (excludes halogenated alkanes) is 9. The molecule has 3 aromatic carbocycles. The largest absolute Gasteiger partial charge is 0.494 e. The third-order valence-corrected chi connectivity index (χ3v) is 10.5. The molecule has 1 aliphatic rings. The number of aryl methyl sites for hydroxylation is 1. The second kappa shape index (κ2) is 17.7. The molecule has 0 radical (unpaired) electrons. The first-order valence-electron chi connectivity index (χ1n) is 19.7. The zero-order chi connectivity index (χ0) is 38.2. The minimum atomic E-state index is -0.428. The van der Waals surface area contributed by atoms with Gasteiger partial charge in [-0.1, -0.05) is 82.9 Å². The van der Waals surface area contributed by atoms with E-state index in [4.69, 9.17) is 21.1 Å². The highest BCUT2D eigenvalue weighted by molar-refractivity contribution is 6.19. The third kappa shape index (κ3) is 9.38. The molecule has 2 aromatic heterocycles. The molecule has 8 nitrogen and oxygen atoms in total. The Morgan fingerprint density at radius 3 is 2.30 bits per heavy atom. The zero-order valence-electron chi connectivity index (χ0n) is 32.6. The summed E-state index contributed by atoms with van der Waals surface area (Å²) in [7, 11) is 0. The number of rotatable bonds is 17. The molecule has 3 heterocycles. The zero-order valence-corrected chi connectivity index (χ0v) is 33.3. The Kier molecular flexibility index (Phi) is 12.8. The van der Waals surface area contributed by atoms with Gasteiger partial charge in [-0.25, -0.2) is 4.98 Å². The van der Waals surface area contributed by atoms with Crippen LogP contribution < -0.4 is 19.7 Å².